The highest BCUT2D eigenvalue weighted by molar-refractivity contribution is 6.30. The van der Waals surface area contributed by atoms with Crippen LogP contribution >= 0.6 is 0 Å². The number of hydrogen-bond donors (Lipinski definition) is 0. The Hall–Kier alpha value is -10.8. The van der Waals surface area contributed by atoms with Crippen LogP contribution in [0.4, 0.5) is 0 Å². The SMILES string of the molecule is c1ccc(-c2nc(-c3cccc(-n4c5ccc6ccccc6c5c5c6ccccc6ccc54)c3)nc3ccccc23)cc1.c1ccc(-c2nc(-n3c4ccc5ccccc5c4c4c5ccccc5ccc43)nc3ccccc23)cc1. The van der Waals surface area contributed by atoms with Gasteiger partial charge in [-0.2, -0.15) is 0 Å². The molecular weight excluding hydrogens is 973 g/mol. The zero-order chi connectivity index (χ0) is 52.7. The average Bonchev–Trinajstić information content (AvgIpc) is 4.11. The molecule has 0 spiro atoms. The minimum absolute atomic E-state index is 0.683. The van der Waals surface area contributed by atoms with Gasteiger partial charge in [0.25, 0.3) is 0 Å². The van der Waals surface area contributed by atoms with Crippen molar-refractivity contribution in [2.75, 3.05) is 0 Å². The predicted octanol–water partition coefficient (Wildman–Crippen LogP) is 19.1. The monoisotopic (exact) mass is 1020 g/mol. The topological polar surface area (TPSA) is 61.4 Å². The van der Waals surface area contributed by atoms with Gasteiger partial charge in [-0.1, -0.05) is 231 Å². The quantitative estimate of drug-likeness (QED) is 0.172. The van der Waals surface area contributed by atoms with Gasteiger partial charge in [-0.05, 0) is 91.6 Å². The Bertz CT molecular complexity index is 5130. The summed E-state index contributed by atoms with van der Waals surface area (Å²) in [7, 11) is 0. The molecule has 17 aromatic rings. The third kappa shape index (κ3) is 7.27. The summed E-state index contributed by atoms with van der Waals surface area (Å²) in [6.45, 7) is 0. The molecule has 0 fully saturated rings. The molecule has 372 valence electrons. The Kier molecular flexibility index (Phi) is 10.5. The smallest absolute Gasteiger partial charge is 0.235 e. The standard InChI is InChI=1S/C40H25N3.C34H21N3/c1-2-13-28(14-3-1)39-33-19-8-9-20-34(33)41-40(42-39)29-15-10-16-30(25-29)43-35-23-21-26-11-4-6-17-31(26)37(35)38-32-18-7-5-12-27(32)22-24-36(38)43;1-2-12-24(13-3-1)33-27-16-8-9-17-28(27)35-34(36-33)37-29-20-18-22-10-4-6-14-25(22)31(29)32-26-15-7-5-11-23(26)19-21-30(32)37/h1-25H;1-21H. The molecule has 0 atom stereocenters. The fourth-order valence-corrected chi connectivity index (χ4v) is 12.4. The van der Waals surface area contributed by atoms with Crippen molar-refractivity contribution in [3.8, 4) is 45.5 Å². The summed E-state index contributed by atoms with van der Waals surface area (Å²) in [5.41, 5.74) is 12.6. The molecule has 0 radical (unpaired) electrons. The maximum absolute atomic E-state index is 5.23. The summed E-state index contributed by atoms with van der Waals surface area (Å²) in [4.78, 5) is 20.5. The largest absolute Gasteiger partial charge is 0.309 e. The number of rotatable bonds is 5. The van der Waals surface area contributed by atoms with Crippen LogP contribution in [0.15, 0.2) is 279 Å². The minimum Gasteiger partial charge on any atom is -0.309 e. The van der Waals surface area contributed by atoms with E-state index in [0.29, 0.717) is 5.95 Å². The second-order valence-corrected chi connectivity index (χ2v) is 20.5. The van der Waals surface area contributed by atoms with E-state index in [0.717, 1.165) is 72.4 Å². The number of aromatic nitrogens is 6. The molecule has 0 unspecified atom stereocenters. The molecule has 0 aliphatic carbocycles. The molecule has 4 heterocycles. The summed E-state index contributed by atoms with van der Waals surface area (Å²) in [6, 6.07) is 98.4. The molecule has 0 aliphatic rings. The minimum atomic E-state index is 0.683. The van der Waals surface area contributed by atoms with Crippen molar-refractivity contribution in [1.82, 2.24) is 29.1 Å². The molecule has 0 bridgehead atoms. The van der Waals surface area contributed by atoms with E-state index in [-0.39, 0.29) is 0 Å². The highest BCUT2D eigenvalue weighted by Gasteiger charge is 2.22. The van der Waals surface area contributed by atoms with Gasteiger partial charge >= 0.3 is 0 Å². The van der Waals surface area contributed by atoms with Crippen LogP contribution in [-0.2, 0) is 0 Å². The molecule has 0 aliphatic heterocycles. The molecule has 0 N–H and O–H groups in total. The van der Waals surface area contributed by atoms with Gasteiger partial charge in [-0.15, -0.1) is 0 Å². The zero-order valence-corrected chi connectivity index (χ0v) is 43.2. The van der Waals surface area contributed by atoms with E-state index < -0.39 is 0 Å². The number of nitrogens with zero attached hydrogens (tertiary/aromatic N) is 6. The highest BCUT2D eigenvalue weighted by atomic mass is 15.2. The summed E-state index contributed by atoms with van der Waals surface area (Å²) in [5.74, 6) is 1.40. The van der Waals surface area contributed by atoms with Gasteiger partial charge in [0, 0.05) is 54.7 Å². The maximum Gasteiger partial charge on any atom is 0.235 e. The van der Waals surface area contributed by atoms with E-state index in [1.807, 2.05) is 30.3 Å². The fraction of sp³-hybridized carbons (Fsp3) is 0. The maximum atomic E-state index is 5.23. The van der Waals surface area contributed by atoms with Gasteiger partial charge in [0.1, 0.15) is 0 Å². The number of para-hydroxylation sites is 2. The molecule has 0 amide bonds. The van der Waals surface area contributed by atoms with E-state index in [9.17, 15) is 0 Å². The number of hydrogen-bond acceptors (Lipinski definition) is 4. The van der Waals surface area contributed by atoms with Gasteiger partial charge in [0.05, 0.1) is 44.5 Å². The van der Waals surface area contributed by atoms with Crippen molar-refractivity contribution in [1.29, 1.82) is 0 Å². The Morgan fingerprint density at radius 2 is 0.600 bits per heavy atom. The summed E-state index contributed by atoms with van der Waals surface area (Å²) < 4.78 is 4.63. The first kappa shape index (κ1) is 45.4. The molecule has 0 saturated heterocycles. The van der Waals surface area contributed by atoms with Gasteiger partial charge in [-0.3, -0.25) is 4.57 Å². The second-order valence-electron chi connectivity index (χ2n) is 20.5. The Labute approximate surface area is 459 Å². The molecule has 6 nitrogen and oxygen atoms in total. The van der Waals surface area contributed by atoms with E-state index in [1.165, 1.54) is 75.7 Å². The van der Waals surface area contributed by atoms with E-state index in [1.54, 1.807) is 0 Å². The highest BCUT2D eigenvalue weighted by Crippen LogP contribution is 2.43. The first-order valence-electron chi connectivity index (χ1n) is 27.1. The van der Waals surface area contributed by atoms with Crippen molar-refractivity contribution < 1.29 is 0 Å². The van der Waals surface area contributed by atoms with Crippen LogP contribution < -0.4 is 0 Å². The third-order valence-electron chi connectivity index (χ3n) is 15.9. The van der Waals surface area contributed by atoms with E-state index in [2.05, 4.69) is 258 Å². The van der Waals surface area contributed by atoms with Crippen LogP contribution in [0, 0.1) is 0 Å². The second kappa shape index (κ2) is 18.4. The zero-order valence-electron chi connectivity index (χ0n) is 43.2. The van der Waals surface area contributed by atoms with Crippen LogP contribution in [0.2, 0.25) is 0 Å². The Balaban J connectivity index is 0.000000134. The fourth-order valence-electron chi connectivity index (χ4n) is 12.4. The van der Waals surface area contributed by atoms with Crippen LogP contribution in [-0.4, -0.2) is 29.1 Å². The van der Waals surface area contributed by atoms with Gasteiger partial charge < -0.3 is 4.57 Å². The van der Waals surface area contributed by atoms with Gasteiger partial charge in [-0.25, -0.2) is 19.9 Å². The van der Waals surface area contributed by atoms with Crippen LogP contribution in [0.1, 0.15) is 0 Å². The summed E-state index contributed by atoms with van der Waals surface area (Å²) in [6.07, 6.45) is 0. The Morgan fingerprint density at radius 1 is 0.237 bits per heavy atom. The first-order chi connectivity index (χ1) is 39.7. The molecular formula is C74H46N6. The van der Waals surface area contributed by atoms with Crippen molar-refractivity contribution in [2.24, 2.45) is 0 Å². The van der Waals surface area contributed by atoms with E-state index in [4.69, 9.17) is 19.9 Å². The lowest BCUT2D eigenvalue weighted by molar-refractivity contribution is 1.01. The molecule has 13 aromatic carbocycles. The average molecular weight is 1020 g/mol. The van der Waals surface area contributed by atoms with Crippen molar-refractivity contribution in [2.45, 2.75) is 0 Å². The van der Waals surface area contributed by atoms with Crippen LogP contribution in [0.3, 0.4) is 0 Å². The first-order valence-corrected chi connectivity index (χ1v) is 27.1. The summed E-state index contributed by atoms with van der Waals surface area (Å²) in [5, 5.41) is 17.1. The number of fused-ring (bicyclic) bond motifs is 16. The van der Waals surface area contributed by atoms with Crippen molar-refractivity contribution >= 4 is 109 Å². The van der Waals surface area contributed by atoms with Crippen molar-refractivity contribution in [3.05, 3.63) is 279 Å². The van der Waals surface area contributed by atoms with Gasteiger partial charge in [0.2, 0.25) is 5.95 Å². The van der Waals surface area contributed by atoms with Gasteiger partial charge in [0.15, 0.2) is 5.82 Å². The lowest BCUT2D eigenvalue weighted by Gasteiger charge is -2.12. The summed E-state index contributed by atoms with van der Waals surface area (Å²) >= 11 is 0. The molecule has 0 saturated carbocycles. The Morgan fingerprint density at radius 3 is 1.06 bits per heavy atom. The van der Waals surface area contributed by atoms with Crippen LogP contribution in [0.5, 0.6) is 0 Å². The van der Waals surface area contributed by atoms with Crippen molar-refractivity contribution in [3.63, 3.8) is 0 Å². The molecule has 6 heteroatoms. The predicted molar refractivity (Wildman–Crippen MR) is 334 cm³/mol. The lowest BCUT2D eigenvalue weighted by atomic mass is 10.00. The molecule has 4 aromatic heterocycles. The molecule has 80 heavy (non-hydrogen) atoms. The third-order valence-corrected chi connectivity index (χ3v) is 15.9. The molecule has 17 rings (SSSR count). The lowest BCUT2D eigenvalue weighted by Crippen LogP contribution is -2.03. The van der Waals surface area contributed by atoms with Crippen LogP contribution in [0.25, 0.3) is 154 Å². The van der Waals surface area contributed by atoms with E-state index >= 15 is 0 Å². The normalized spacial score (nSPS) is 11.8. The number of benzene rings is 13.